The number of fused-ring (bicyclic) bond motifs is 1. The molecule has 2 heterocycles. The first-order valence-electron chi connectivity index (χ1n) is 6.05. The fourth-order valence-corrected chi connectivity index (χ4v) is 2.10. The summed E-state index contributed by atoms with van der Waals surface area (Å²) in [4.78, 5) is 11.7. The summed E-state index contributed by atoms with van der Waals surface area (Å²) in [6.45, 7) is 2.78. The fourth-order valence-electron chi connectivity index (χ4n) is 2.10. The number of aryl methyl sites for hydroxylation is 1. The Morgan fingerprint density at radius 2 is 2.44 bits per heavy atom. The van der Waals surface area contributed by atoms with Crippen molar-refractivity contribution in [3.05, 3.63) is 11.6 Å². The van der Waals surface area contributed by atoms with Gasteiger partial charge in [0.1, 0.15) is 5.82 Å². The van der Waals surface area contributed by atoms with Crippen LogP contribution in [0.3, 0.4) is 0 Å². The van der Waals surface area contributed by atoms with E-state index in [2.05, 4.69) is 26.0 Å². The van der Waals surface area contributed by atoms with Crippen molar-refractivity contribution >= 4 is 5.91 Å². The lowest BCUT2D eigenvalue weighted by molar-refractivity contribution is -0.122. The molecule has 18 heavy (non-hydrogen) atoms. The van der Waals surface area contributed by atoms with Gasteiger partial charge in [-0.1, -0.05) is 0 Å². The Morgan fingerprint density at radius 3 is 3.17 bits per heavy atom. The van der Waals surface area contributed by atoms with Crippen LogP contribution in [0.1, 0.15) is 37.5 Å². The molecule has 0 spiro atoms. The van der Waals surface area contributed by atoms with E-state index in [-0.39, 0.29) is 18.4 Å². The topological polar surface area (TPSA) is 85.8 Å². The van der Waals surface area contributed by atoms with E-state index in [0.717, 1.165) is 31.0 Å². The van der Waals surface area contributed by atoms with Crippen LogP contribution in [0.5, 0.6) is 0 Å². The molecule has 0 fully saturated rings. The molecule has 1 aliphatic rings. The van der Waals surface area contributed by atoms with E-state index >= 15 is 0 Å². The first-order chi connectivity index (χ1) is 8.63. The highest BCUT2D eigenvalue weighted by molar-refractivity contribution is 5.82. The standard InChI is InChI=1S/C12H17N5O/c1-3-5-9(13)12(18)14-8(2)11-16-15-10-6-4-7-17(10)11/h1,8-9H,4-7,13H2,2H3,(H,14,18). The zero-order valence-electron chi connectivity index (χ0n) is 10.4. The number of rotatable bonds is 4. The van der Waals surface area contributed by atoms with Crippen LogP contribution in [0.15, 0.2) is 0 Å². The largest absolute Gasteiger partial charge is 0.345 e. The summed E-state index contributed by atoms with van der Waals surface area (Å²) in [6.07, 6.45) is 7.39. The summed E-state index contributed by atoms with van der Waals surface area (Å²) in [6, 6.07) is -0.876. The lowest BCUT2D eigenvalue weighted by Crippen LogP contribution is -2.41. The van der Waals surface area contributed by atoms with E-state index in [1.165, 1.54) is 0 Å². The zero-order chi connectivity index (χ0) is 13.1. The maximum atomic E-state index is 11.7. The van der Waals surface area contributed by atoms with Crippen LogP contribution in [0.25, 0.3) is 0 Å². The molecule has 96 valence electrons. The van der Waals surface area contributed by atoms with E-state index in [4.69, 9.17) is 12.2 Å². The van der Waals surface area contributed by atoms with Gasteiger partial charge in [-0.15, -0.1) is 22.5 Å². The molecule has 2 rings (SSSR count). The van der Waals surface area contributed by atoms with Gasteiger partial charge >= 0.3 is 0 Å². The van der Waals surface area contributed by atoms with Gasteiger partial charge in [0.15, 0.2) is 5.82 Å². The predicted molar refractivity (Wildman–Crippen MR) is 66.3 cm³/mol. The number of carbonyl (C=O) groups is 1. The Hall–Kier alpha value is -1.87. The van der Waals surface area contributed by atoms with Gasteiger partial charge in [-0.3, -0.25) is 4.79 Å². The smallest absolute Gasteiger partial charge is 0.238 e. The van der Waals surface area contributed by atoms with Crippen molar-refractivity contribution in [1.29, 1.82) is 0 Å². The van der Waals surface area contributed by atoms with Crippen LogP contribution in [0.4, 0.5) is 0 Å². The maximum absolute atomic E-state index is 11.7. The molecule has 0 aliphatic carbocycles. The van der Waals surface area contributed by atoms with E-state index < -0.39 is 6.04 Å². The van der Waals surface area contributed by atoms with Gasteiger partial charge in [0.25, 0.3) is 0 Å². The van der Waals surface area contributed by atoms with Gasteiger partial charge < -0.3 is 15.6 Å². The molecular weight excluding hydrogens is 230 g/mol. The molecule has 1 amide bonds. The SMILES string of the molecule is C#CCC(N)C(=O)NC(C)c1nnc2n1CCC2. The number of nitrogens with one attached hydrogen (secondary N) is 1. The number of nitrogens with zero attached hydrogens (tertiary/aromatic N) is 3. The second-order valence-electron chi connectivity index (χ2n) is 4.47. The molecule has 3 N–H and O–H groups in total. The van der Waals surface area contributed by atoms with Gasteiger partial charge in [0.05, 0.1) is 12.1 Å². The molecule has 0 saturated carbocycles. The van der Waals surface area contributed by atoms with Gasteiger partial charge in [0, 0.05) is 19.4 Å². The van der Waals surface area contributed by atoms with Gasteiger partial charge in [-0.05, 0) is 13.3 Å². The highest BCUT2D eigenvalue weighted by Gasteiger charge is 2.23. The number of aromatic nitrogens is 3. The van der Waals surface area contributed by atoms with Crippen molar-refractivity contribution < 1.29 is 4.79 Å². The molecule has 1 aliphatic heterocycles. The summed E-state index contributed by atoms with van der Waals surface area (Å²) < 4.78 is 2.05. The molecule has 6 heteroatoms. The fraction of sp³-hybridized carbons (Fsp3) is 0.583. The third-order valence-electron chi connectivity index (χ3n) is 3.06. The molecular formula is C12H17N5O. The highest BCUT2D eigenvalue weighted by Crippen LogP contribution is 2.18. The quantitative estimate of drug-likeness (QED) is 0.719. The van der Waals surface area contributed by atoms with Crippen molar-refractivity contribution in [3.63, 3.8) is 0 Å². The first kappa shape index (κ1) is 12.6. The number of hydrogen-bond donors (Lipinski definition) is 2. The lowest BCUT2D eigenvalue weighted by Gasteiger charge is -2.16. The third-order valence-corrected chi connectivity index (χ3v) is 3.06. The number of nitrogens with two attached hydrogens (primary N) is 1. The molecule has 2 atom stereocenters. The number of hydrogen-bond acceptors (Lipinski definition) is 4. The monoisotopic (exact) mass is 247 g/mol. The Labute approximate surface area is 106 Å². The number of amides is 1. The highest BCUT2D eigenvalue weighted by atomic mass is 16.2. The lowest BCUT2D eigenvalue weighted by atomic mass is 10.2. The normalized spacial score (nSPS) is 16.7. The van der Waals surface area contributed by atoms with Crippen LogP contribution in [-0.2, 0) is 17.8 Å². The summed E-state index contributed by atoms with van der Waals surface area (Å²) in [7, 11) is 0. The molecule has 1 aromatic rings. The average Bonchev–Trinajstić information content (AvgIpc) is 2.90. The summed E-state index contributed by atoms with van der Waals surface area (Å²) in [5, 5.41) is 11.0. The minimum atomic E-state index is -0.668. The van der Waals surface area contributed by atoms with E-state index in [0.29, 0.717) is 0 Å². The Bertz CT molecular complexity index is 487. The van der Waals surface area contributed by atoms with Crippen molar-refractivity contribution in [2.24, 2.45) is 5.73 Å². The Morgan fingerprint density at radius 1 is 1.67 bits per heavy atom. The molecule has 0 bridgehead atoms. The van der Waals surface area contributed by atoms with Crippen molar-refractivity contribution in [3.8, 4) is 12.3 Å². The van der Waals surface area contributed by atoms with E-state index in [1.54, 1.807) is 0 Å². The van der Waals surface area contributed by atoms with Crippen molar-refractivity contribution in [2.45, 2.75) is 44.8 Å². The van der Waals surface area contributed by atoms with Gasteiger partial charge in [0.2, 0.25) is 5.91 Å². The predicted octanol–water partition coefficient (Wildman–Crippen LogP) is -0.248. The summed E-state index contributed by atoms with van der Waals surface area (Å²) in [5.41, 5.74) is 5.64. The van der Waals surface area contributed by atoms with Crippen LogP contribution in [0, 0.1) is 12.3 Å². The second-order valence-corrected chi connectivity index (χ2v) is 4.47. The van der Waals surface area contributed by atoms with Gasteiger partial charge in [-0.25, -0.2) is 0 Å². The molecule has 0 radical (unpaired) electrons. The van der Waals surface area contributed by atoms with Crippen LogP contribution in [0.2, 0.25) is 0 Å². The van der Waals surface area contributed by atoms with Crippen LogP contribution >= 0.6 is 0 Å². The van der Waals surface area contributed by atoms with E-state index in [1.807, 2.05) is 6.92 Å². The maximum Gasteiger partial charge on any atom is 0.238 e. The first-order valence-corrected chi connectivity index (χ1v) is 6.05. The number of carbonyl (C=O) groups excluding carboxylic acids is 1. The average molecular weight is 247 g/mol. The Kier molecular flexibility index (Phi) is 3.63. The Balaban J connectivity index is 2.02. The van der Waals surface area contributed by atoms with Crippen molar-refractivity contribution in [2.75, 3.05) is 0 Å². The minimum absolute atomic E-state index is 0.208. The number of terminal acetylenes is 1. The molecule has 6 nitrogen and oxygen atoms in total. The van der Waals surface area contributed by atoms with Gasteiger partial charge in [-0.2, -0.15) is 0 Å². The van der Waals surface area contributed by atoms with Crippen molar-refractivity contribution in [1.82, 2.24) is 20.1 Å². The zero-order valence-corrected chi connectivity index (χ0v) is 10.4. The minimum Gasteiger partial charge on any atom is -0.345 e. The molecule has 2 unspecified atom stereocenters. The summed E-state index contributed by atoms with van der Waals surface area (Å²) in [5.74, 6) is 3.89. The molecule has 1 aromatic heterocycles. The van der Waals surface area contributed by atoms with Crippen LogP contribution in [-0.4, -0.2) is 26.7 Å². The van der Waals surface area contributed by atoms with Crippen LogP contribution < -0.4 is 11.1 Å². The molecule has 0 aromatic carbocycles. The third kappa shape index (κ3) is 2.36. The second kappa shape index (κ2) is 5.19. The summed E-state index contributed by atoms with van der Waals surface area (Å²) >= 11 is 0. The molecule has 0 saturated heterocycles. The van der Waals surface area contributed by atoms with E-state index in [9.17, 15) is 4.79 Å².